The smallest absolute Gasteiger partial charge is 0.240 e. The molecule has 23 heavy (non-hydrogen) atoms. The van der Waals surface area contributed by atoms with Gasteiger partial charge in [-0.1, -0.05) is 18.5 Å². The maximum Gasteiger partial charge on any atom is 0.240 e. The van der Waals surface area contributed by atoms with E-state index in [9.17, 15) is 8.42 Å². The van der Waals surface area contributed by atoms with Crippen molar-refractivity contribution in [3.05, 3.63) is 39.3 Å². The zero-order chi connectivity index (χ0) is 16.6. The van der Waals surface area contributed by atoms with E-state index in [1.54, 1.807) is 12.3 Å². The van der Waals surface area contributed by atoms with Crippen LogP contribution in [-0.2, 0) is 16.4 Å². The molecule has 124 valence electrons. The molecule has 1 aliphatic heterocycles. The molecule has 0 aliphatic carbocycles. The number of benzene rings is 1. The Morgan fingerprint density at radius 2 is 2.30 bits per heavy atom. The normalized spacial score (nSPS) is 18.5. The Labute approximate surface area is 144 Å². The van der Waals surface area contributed by atoms with Crippen LogP contribution in [0.25, 0.3) is 0 Å². The van der Waals surface area contributed by atoms with Crippen LogP contribution in [0, 0.1) is 0 Å². The number of ether oxygens (including phenoxy) is 1. The number of fused-ring (bicyclic) bond motifs is 1. The van der Waals surface area contributed by atoms with E-state index in [0.717, 1.165) is 10.6 Å². The third kappa shape index (κ3) is 3.52. The van der Waals surface area contributed by atoms with Crippen molar-refractivity contribution >= 4 is 33.0 Å². The zero-order valence-electron chi connectivity index (χ0n) is 12.7. The highest BCUT2D eigenvalue weighted by Crippen LogP contribution is 2.38. The van der Waals surface area contributed by atoms with Crippen molar-refractivity contribution in [1.29, 1.82) is 0 Å². The molecule has 1 N–H and O–H groups in total. The molecule has 0 spiro atoms. The number of sulfonamides is 1. The minimum Gasteiger partial charge on any atom is -0.489 e. The molecule has 0 saturated heterocycles. The predicted molar refractivity (Wildman–Crippen MR) is 91.0 cm³/mol. The van der Waals surface area contributed by atoms with Gasteiger partial charge in [0.15, 0.2) is 0 Å². The Balaban J connectivity index is 1.78. The van der Waals surface area contributed by atoms with Crippen LogP contribution in [0.3, 0.4) is 0 Å². The van der Waals surface area contributed by atoms with E-state index < -0.39 is 10.0 Å². The molecule has 0 bridgehead atoms. The van der Waals surface area contributed by atoms with Crippen molar-refractivity contribution in [3.8, 4) is 5.75 Å². The fraction of sp³-hybridized carbons (Fsp3) is 0.400. The first kappa shape index (κ1) is 16.7. The van der Waals surface area contributed by atoms with Crippen molar-refractivity contribution in [1.82, 2.24) is 9.71 Å². The van der Waals surface area contributed by atoms with Crippen LogP contribution in [-0.4, -0.2) is 26.1 Å². The van der Waals surface area contributed by atoms with Crippen molar-refractivity contribution in [2.75, 3.05) is 6.54 Å². The Bertz CT molecular complexity index is 806. The molecule has 1 aliphatic rings. The molecular formula is C15H17ClN2O3S2. The van der Waals surface area contributed by atoms with Gasteiger partial charge in [-0.3, -0.25) is 0 Å². The Morgan fingerprint density at radius 1 is 1.52 bits per heavy atom. The van der Waals surface area contributed by atoms with Gasteiger partial charge in [0.2, 0.25) is 10.0 Å². The van der Waals surface area contributed by atoms with Crippen molar-refractivity contribution < 1.29 is 13.2 Å². The van der Waals surface area contributed by atoms with Crippen LogP contribution in [0.1, 0.15) is 30.3 Å². The fourth-order valence-corrected chi connectivity index (χ4v) is 4.75. The molecule has 2 heterocycles. The van der Waals surface area contributed by atoms with E-state index in [4.69, 9.17) is 16.3 Å². The lowest BCUT2D eigenvalue weighted by atomic mass is 10.1. The summed E-state index contributed by atoms with van der Waals surface area (Å²) in [6.07, 6.45) is 2.39. The van der Waals surface area contributed by atoms with Gasteiger partial charge >= 0.3 is 0 Å². The Morgan fingerprint density at radius 3 is 3.00 bits per heavy atom. The van der Waals surface area contributed by atoms with Gasteiger partial charge in [-0.25, -0.2) is 18.1 Å². The second-order valence-electron chi connectivity index (χ2n) is 5.65. The Kier molecular flexibility index (Phi) is 4.64. The molecule has 1 aromatic carbocycles. The van der Waals surface area contributed by atoms with Gasteiger partial charge in [0, 0.05) is 36.0 Å². The quantitative estimate of drug-likeness (QED) is 0.875. The van der Waals surface area contributed by atoms with Gasteiger partial charge in [-0.15, -0.1) is 11.3 Å². The number of nitrogens with zero attached hydrogens (tertiary/aromatic N) is 1. The summed E-state index contributed by atoms with van der Waals surface area (Å²) in [5.41, 5.74) is 0.832. The molecule has 0 fully saturated rings. The Hall–Kier alpha value is -1.15. The van der Waals surface area contributed by atoms with Crippen LogP contribution >= 0.6 is 22.9 Å². The van der Waals surface area contributed by atoms with E-state index >= 15 is 0 Å². The summed E-state index contributed by atoms with van der Waals surface area (Å²) in [6.45, 7) is 4.16. The maximum atomic E-state index is 12.5. The van der Waals surface area contributed by atoms with Crippen LogP contribution in [0.5, 0.6) is 5.75 Å². The van der Waals surface area contributed by atoms with Gasteiger partial charge in [-0.05, 0) is 19.1 Å². The highest BCUT2D eigenvalue weighted by Gasteiger charge is 2.26. The molecule has 1 aromatic heterocycles. The number of aromatic nitrogens is 1. The first-order chi connectivity index (χ1) is 10.9. The summed E-state index contributed by atoms with van der Waals surface area (Å²) in [4.78, 5) is 4.38. The minimum atomic E-state index is -3.62. The van der Waals surface area contributed by atoms with Crippen molar-refractivity contribution in [2.24, 2.45) is 0 Å². The van der Waals surface area contributed by atoms with E-state index in [0.29, 0.717) is 17.2 Å². The monoisotopic (exact) mass is 372 g/mol. The summed E-state index contributed by atoms with van der Waals surface area (Å²) >= 11 is 7.68. The standard InChI is InChI=1S/C15H17ClN2O3S2/c1-9(15-17-3-4-22-15)8-18-23(19,20)12-6-11-5-10(2)21-14(11)13(16)7-12/h3-4,6-7,9-10,18H,5,8H2,1-2H3. The van der Waals surface area contributed by atoms with Crippen LogP contribution in [0.4, 0.5) is 0 Å². The third-order valence-electron chi connectivity index (χ3n) is 3.68. The largest absolute Gasteiger partial charge is 0.489 e. The number of hydrogen-bond donors (Lipinski definition) is 1. The molecule has 3 rings (SSSR count). The lowest BCUT2D eigenvalue weighted by Crippen LogP contribution is -2.27. The molecule has 8 heteroatoms. The first-order valence-corrected chi connectivity index (χ1v) is 9.99. The summed E-state index contributed by atoms with van der Waals surface area (Å²) in [5, 5.41) is 3.11. The van der Waals surface area contributed by atoms with Crippen molar-refractivity contribution in [2.45, 2.75) is 37.2 Å². The van der Waals surface area contributed by atoms with E-state index in [1.807, 2.05) is 19.2 Å². The summed E-state index contributed by atoms with van der Waals surface area (Å²) in [6, 6.07) is 3.08. The third-order valence-corrected chi connectivity index (χ3v) is 6.37. The van der Waals surface area contributed by atoms with Gasteiger partial charge in [0.05, 0.1) is 14.9 Å². The van der Waals surface area contributed by atoms with Gasteiger partial charge in [-0.2, -0.15) is 0 Å². The minimum absolute atomic E-state index is 0.0121. The average molecular weight is 373 g/mol. The summed E-state index contributed by atoms with van der Waals surface area (Å²) in [5.74, 6) is 0.604. The molecule has 0 radical (unpaired) electrons. The number of hydrogen-bond acceptors (Lipinski definition) is 5. The zero-order valence-corrected chi connectivity index (χ0v) is 15.1. The molecule has 2 atom stereocenters. The summed E-state index contributed by atoms with van der Waals surface area (Å²) < 4.78 is 33.3. The number of rotatable bonds is 5. The fourth-order valence-electron chi connectivity index (χ4n) is 2.50. The highest BCUT2D eigenvalue weighted by molar-refractivity contribution is 7.89. The number of nitrogens with one attached hydrogen (secondary N) is 1. The molecule has 5 nitrogen and oxygen atoms in total. The number of halogens is 1. The van der Waals surface area contributed by atoms with Crippen LogP contribution < -0.4 is 9.46 Å². The van der Waals surface area contributed by atoms with E-state index in [2.05, 4.69) is 9.71 Å². The average Bonchev–Trinajstić information content (AvgIpc) is 3.13. The van der Waals surface area contributed by atoms with E-state index in [1.165, 1.54) is 17.4 Å². The SMILES string of the molecule is CC1Cc2cc(S(=O)(=O)NCC(C)c3nccs3)cc(Cl)c2O1. The molecule has 0 amide bonds. The molecule has 2 aromatic rings. The van der Waals surface area contributed by atoms with Crippen LogP contribution in [0.2, 0.25) is 5.02 Å². The lowest BCUT2D eigenvalue weighted by molar-refractivity contribution is 0.255. The highest BCUT2D eigenvalue weighted by atomic mass is 35.5. The van der Waals surface area contributed by atoms with Crippen LogP contribution in [0.15, 0.2) is 28.6 Å². The molecular weight excluding hydrogens is 356 g/mol. The first-order valence-electron chi connectivity index (χ1n) is 7.25. The number of thiazole rings is 1. The predicted octanol–water partition coefficient (Wildman–Crippen LogP) is 3.20. The molecule has 2 unspecified atom stereocenters. The lowest BCUT2D eigenvalue weighted by Gasteiger charge is -2.12. The maximum absolute atomic E-state index is 12.5. The molecule has 0 saturated carbocycles. The van der Waals surface area contributed by atoms with Gasteiger partial charge < -0.3 is 4.74 Å². The van der Waals surface area contributed by atoms with Gasteiger partial charge in [0.25, 0.3) is 0 Å². The van der Waals surface area contributed by atoms with E-state index in [-0.39, 0.29) is 23.5 Å². The van der Waals surface area contributed by atoms with Gasteiger partial charge in [0.1, 0.15) is 11.9 Å². The second kappa shape index (κ2) is 6.39. The summed E-state index contributed by atoms with van der Waals surface area (Å²) in [7, 11) is -3.62. The van der Waals surface area contributed by atoms with Crippen molar-refractivity contribution in [3.63, 3.8) is 0 Å². The topological polar surface area (TPSA) is 68.3 Å². The second-order valence-corrected chi connectivity index (χ2v) is 8.75.